The molecule has 0 radical (unpaired) electrons. The van der Waals surface area contributed by atoms with Crippen LogP contribution in [0.3, 0.4) is 0 Å². The number of esters is 2. The van der Waals surface area contributed by atoms with Crippen LogP contribution in [-0.4, -0.2) is 82.3 Å². The molecule has 0 aromatic carbocycles. The Morgan fingerprint density at radius 2 is 0.898 bits per heavy atom. The number of carboxylic acid groups (broad SMARTS) is 1. The van der Waals surface area contributed by atoms with Gasteiger partial charge in [-0.05, 0) is 32.1 Å². The van der Waals surface area contributed by atoms with Gasteiger partial charge in [0.1, 0.15) is 13.2 Å². The van der Waals surface area contributed by atoms with Crippen LogP contribution in [0.2, 0.25) is 0 Å². The smallest absolute Gasteiger partial charge is 0.306 e. The second-order valence-corrected chi connectivity index (χ2v) is 18.1. The number of allylic oxidation sites excluding steroid dienone is 2. The highest BCUT2D eigenvalue weighted by atomic mass is 16.7. The lowest BCUT2D eigenvalue weighted by Gasteiger charge is -2.26. The molecule has 0 amide bonds. The van der Waals surface area contributed by atoms with Gasteiger partial charge in [0.15, 0.2) is 12.4 Å². The molecule has 0 saturated carbocycles. The third kappa shape index (κ3) is 43.9. The van der Waals surface area contributed by atoms with Crippen molar-refractivity contribution in [2.24, 2.45) is 0 Å². The molecule has 9 heteroatoms. The highest BCUT2D eigenvalue weighted by Gasteiger charge is 2.22. The summed E-state index contributed by atoms with van der Waals surface area (Å²) in [5.41, 5.74) is 0. The molecule has 0 bridgehead atoms. The number of rotatable bonds is 46. The number of carbonyl (C=O) groups excluding carboxylic acids is 3. The maximum atomic E-state index is 12.7. The second kappa shape index (κ2) is 42.7. The van der Waals surface area contributed by atoms with Crippen molar-refractivity contribution in [3.63, 3.8) is 0 Å². The van der Waals surface area contributed by atoms with E-state index >= 15 is 0 Å². The predicted octanol–water partition coefficient (Wildman–Crippen LogP) is 12.1. The number of carbonyl (C=O) groups is 3. The first kappa shape index (κ1) is 57.0. The number of ether oxygens (including phenoxy) is 4. The minimum Gasteiger partial charge on any atom is -0.545 e. The lowest BCUT2D eigenvalue weighted by Crippen LogP contribution is -2.44. The Morgan fingerprint density at radius 1 is 0.492 bits per heavy atom. The van der Waals surface area contributed by atoms with Gasteiger partial charge in [0.05, 0.1) is 40.3 Å². The van der Waals surface area contributed by atoms with Crippen molar-refractivity contribution in [1.29, 1.82) is 0 Å². The summed E-state index contributed by atoms with van der Waals surface area (Å²) in [6.45, 7) is 4.69. The van der Waals surface area contributed by atoms with Crippen molar-refractivity contribution in [2.45, 2.75) is 245 Å². The van der Waals surface area contributed by atoms with Crippen molar-refractivity contribution >= 4 is 17.9 Å². The van der Waals surface area contributed by atoms with Gasteiger partial charge < -0.3 is 33.3 Å². The summed E-state index contributed by atoms with van der Waals surface area (Å²) < 4.78 is 22.5. The van der Waals surface area contributed by atoms with E-state index in [-0.39, 0.29) is 32.2 Å². The van der Waals surface area contributed by atoms with Crippen molar-refractivity contribution in [3.8, 4) is 0 Å². The van der Waals surface area contributed by atoms with Crippen LogP contribution < -0.4 is 5.11 Å². The van der Waals surface area contributed by atoms with Crippen LogP contribution in [0.15, 0.2) is 12.2 Å². The predicted molar refractivity (Wildman–Crippen MR) is 242 cm³/mol. The number of unbranched alkanes of at least 4 members (excludes halogenated alkanes) is 29. The molecule has 0 N–H and O–H groups in total. The largest absolute Gasteiger partial charge is 0.545 e. The van der Waals surface area contributed by atoms with Crippen molar-refractivity contribution in [2.75, 3.05) is 47.5 Å². The van der Waals surface area contributed by atoms with E-state index in [0.29, 0.717) is 23.9 Å². The third-order valence-electron chi connectivity index (χ3n) is 11.0. The van der Waals surface area contributed by atoms with Crippen molar-refractivity contribution in [3.05, 3.63) is 12.2 Å². The monoisotopic (exact) mass is 838 g/mol. The number of hydrogen-bond donors (Lipinski definition) is 0. The van der Waals surface area contributed by atoms with E-state index < -0.39 is 24.3 Å². The Bertz CT molecular complexity index is 980. The average Bonchev–Trinajstić information content (AvgIpc) is 3.19. The van der Waals surface area contributed by atoms with Gasteiger partial charge in [0.2, 0.25) is 0 Å². The molecule has 0 fully saturated rings. The molecule has 0 aromatic rings. The molecule has 0 aromatic heterocycles. The molecule has 9 nitrogen and oxygen atoms in total. The normalized spacial score (nSPS) is 12.9. The molecule has 0 spiro atoms. The molecule has 2 unspecified atom stereocenters. The molecule has 0 aliphatic rings. The number of quaternary nitrogens is 1. The van der Waals surface area contributed by atoms with Gasteiger partial charge in [0, 0.05) is 12.8 Å². The van der Waals surface area contributed by atoms with Gasteiger partial charge in [-0.3, -0.25) is 9.59 Å². The van der Waals surface area contributed by atoms with Crippen LogP contribution in [0.5, 0.6) is 0 Å². The Morgan fingerprint density at radius 3 is 1.32 bits per heavy atom. The quantitative estimate of drug-likeness (QED) is 0.0196. The van der Waals surface area contributed by atoms with E-state index in [1.165, 1.54) is 141 Å². The minimum absolute atomic E-state index is 0.149. The lowest BCUT2D eigenvalue weighted by atomic mass is 10.0. The summed E-state index contributed by atoms with van der Waals surface area (Å²) >= 11 is 0. The summed E-state index contributed by atoms with van der Waals surface area (Å²) in [7, 11) is 5.91. The minimum atomic E-state index is -1.62. The number of nitrogens with zero attached hydrogens (tertiary/aromatic N) is 1. The molecular formula is C50H95NO8. The van der Waals surface area contributed by atoms with E-state index in [2.05, 4.69) is 26.0 Å². The van der Waals surface area contributed by atoms with E-state index in [9.17, 15) is 19.5 Å². The Labute approximate surface area is 364 Å². The van der Waals surface area contributed by atoms with Crippen LogP contribution in [0.25, 0.3) is 0 Å². The van der Waals surface area contributed by atoms with Crippen LogP contribution in [-0.2, 0) is 33.3 Å². The zero-order valence-corrected chi connectivity index (χ0v) is 39.4. The second-order valence-electron chi connectivity index (χ2n) is 18.1. The summed E-state index contributed by atoms with van der Waals surface area (Å²) in [5.74, 6) is -2.28. The Hall–Kier alpha value is -1.97. The van der Waals surface area contributed by atoms with Gasteiger partial charge in [-0.15, -0.1) is 0 Å². The lowest BCUT2D eigenvalue weighted by molar-refractivity contribution is -0.870. The first-order valence-electron chi connectivity index (χ1n) is 24.8. The topological polar surface area (TPSA) is 111 Å². The number of carboxylic acids is 1. The molecule has 0 aliphatic heterocycles. The zero-order chi connectivity index (χ0) is 43.5. The fourth-order valence-corrected chi connectivity index (χ4v) is 7.13. The van der Waals surface area contributed by atoms with Gasteiger partial charge in [0.25, 0.3) is 0 Å². The molecule has 59 heavy (non-hydrogen) atoms. The highest BCUT2D eigenvalue weighted by molar-refractivity contribution is 5.70. The summed E-state index contributed by atoms with van der Waals surface area (Å²) in [5, 5.41) is 11.7. The maximum Gasteiger partial charge on any atom is 0.306 e. The van der Waals surface area contributed by atoms with Gasteiger partial charge in [-0.25, -0.2) is 0 Å². The van der Waals surface area contributed by atoms with Crippen LogP contribution in [0, 0.1) is 0 Å². The summed E-state index contributed by atoms with van der Waals surface area (Å²) in [4.78, 5) is 36.9. The molecule has 348 valence electrons. The first-order chi connectivity index (χ1) is 28.6. The maximum absolute atomic E-state index is 12.7. The number of aliphatic carboxylic acids is 1. The molecule has 0 saturated heterocycles. The molecular weight excluding hydrogens is 743 g/mol. The number of hydrogen-bond acceptors (Lipinski definition) is 8. The number of likely N-dealkylation sites (N-methyl/N-ethyl adjacent to an activating group) is 1. The SMILES string of the molecule is CCC/C=C\CCCCCCCC(=O)OC(COC(=O)CCCCCCCCCCCCCCCCCCCCCCCCCC)COC(OCC[N+](C)(C)C)C(=O)[O-]. The standard InChI is InChI=1S/C50H95NO8/c1-6-8-10-12-14-16-18-19-20-21-22-23-24-25-26-27-28-29-30-31-33-34-36-38-40-47(52)57-44-46(45-58-50(49(54)55)56-43-42-51(3,4)5)59-48(53)41-39-37-35-32-17-15-13-11-9-7-2/h11,13,46,50H,6-10,12,14-45H2,1-5H3/b13-11-. The Kier molecular flexibility index (Phi) is 41.3. The van der Waals surface area contributed by atoms with Gasteiger partial charge in [-0.2, -0.15) is 0 Å². The highest BCUT2D eigenvalue weighted by Crippen LogP contribution is 2.17. The van der Waals surface area contributed by atoms with Gasteiger partial charge in [-0.1, -0.05) is 199 Å². The third-order valence-corrected chi connectivity index (χ3v) is 11.0. The van der Waals surface area contributed by atoms with Gasteiger partial charge >= 0.3 is 11.9 Å². The Balaban J connectivity index is 4.15. The molecule has 0 aliphatic carbocycles. The van der Waals surface area contributed by atoms with Crippen molar-refractivity contribution in [1.82, 2.24) is 0 Å². The average molecular weight is 838 g/mol. The zero-order valence-electron chi connectivity index (χ0n) is 39.4. The summed E-state index contributed by atoms with van der Waals surface area (Å²) in [6.07, 6.45) is 42.7. The van der Waals surface area contributed by atoms with E-state index in [1.807, 2.05) is 21.1 Å². The van der Waals surface area contributed by atoms with E-state index in [0.717, 1.165) is 57.8 Å². The van der Waals surface area contributed by atoms with Crippen molar-refractivity contribution < 1.29 is 42.9 Å². The molecule has 2 atom stereocenters. The molecule has 0 rings (SSSR count). The van der Waals surface area contributed by atoms with E-state index in [1.54, 1.807) is 0 Å². The van der Waals surface area contributed by atoms with E-state index in [4.69, 9.17) is 18.9 Å². The van der Waals surface area contributed by atoms with Crippen LogP contribution in [0.1, 0.15) is 232 Å². The molecule has 0 heterocycles. The first-order valence-corrected chi connectivity index (χ1v) is 24.8. The fourth-order valence-electron chi connectivity index (χ4n) is 7.13. The summed E-state index contributed by atoms with van der Waals surface area (Å²) in [6, 6.07) is 0. The van der Waals surface area contributed by atoms with Crippen LogP contribution in [0.4, 0.5) is 0 Å². The fraction of sp³-hybridized carbons (Fsp3) is 0.900. The van der Waals surface area contributed by atoms with Crippen LogP contribution >= 0.6 is 0 Å².